The number of allylic oxidation sites excluding steroid dienone is 3. The average molecular weight is 489 g/mol. The third kappa shape index (κ3) is 5.84. The van der Waals surface area contributed by atoms with Crippen molar-refractivity contribution in [2.45, 2.75) is 30.8 Å². The SMILES string of the molecule is C=[N+]1C(Sc2cccc(C(F)(F)F)c2)=NC(C(C)c2cccc(C(=O)NCCO)c2)=C1C=CC. The Hall–Kier alpha value is -3.17. The molecule has 1 atom stereocenters. The van der Waals surface area contributed by atoms with Crippen LogP contribution in [0, 0.1) is 0 Å². The molecule has 2 N–H and O–H groups in total. The fraction of sp³-hybridized carbons (Fsp3) is 0.240. The second-order valence-electron chi connectivity index (χ2n) is 7.55. The Labute approximate surface area is 200 Å². The second-order valence-corrected chi connectivity index (χ2v) is 8.59. The lowest BCUT2D eigenvalue weighted by Gasteiger charge is -2.10. The van der Waals surface area contributed by atoms with Gasteiger partial charge < -0.3 is 10.4 Å². The largest absolute Gasteiger partial charge is 0.416 e. The number of alkyl halides is 3. The van der Waals surface area contributed by atoms with Gasteiger partial charge in [0.15, 0.2) is 5.70 Å². The van der Waals surface area contributed by atoms with Crippen molar-refractivity contribution in [3.05, 3.63) is 88.8 Å². The number of hydrogen-bond donors (Lipinski definition) is 2. The van der Waals surface area contributed by atoms with Crippen molar-refractivity contribution >= 4 is 29.6 Å². The summed E-state index contributed by atoms with van der Waals surface area (Å²) in [6, 6.07) is 12.2. The van der Waals surface area contributed by atoms with E-state index in [1.165, 1.54) is 6.07 Å². The van der Waals surface area contributed by atoms with E-state index in [1.54, 1.807) is 28.8 Å². The van der Waals surface area contributed by atoms with E-state index in [2.05, 4.69) is 12.0 Å². The van der Waals surface area contributed by atoms with Crippen molar-refractivity contribution in [3.8, 4) is 0 Å². The van der Waals surface area contributed by atoms with E-state index >= 15 is 0 Å². The number of aliphatic hydroxyl groups excluding tert-OH is 1. The summed E-state index contributed by atoms with van der Waals surface area (Å²) < 4.78 is 40.9. The number of rotatable bonds is 7. The predicted molar refractivity (Wildman–Crippen MR) is 128 cm³/mol. The standard InChI is InChI=1S/C25H24F3N3O2S/c1-4-7-21-22(16(2)17-8-5-9-18(14-17)23(33)29-12-13-32)30-24(31(21)3)34-20-11-6-10-19(15-20)25(26,27)28/h4-11,14-16,32H,3,12-13H2,1-2H3/p+1. The lowest BCUT2D eigenvalue weighted by atomic mass is 9.95. The summed E-state index contributed by atoms with van der Waals surface area (Å²) in [4.78, 5) is 17.4. The highest BCUT2D eigenvalue weighted by atomic mass is 32.2. The monoisotopic (exact) mass is 488 g/mol. The van der Waals surface area contributed by atoms with Crippen LogP contribution in [0.25, 0.3) is 0 Å². The van der Waals surface area contributed by atoms with Crippen LogP contribution in [0.1, 0.15) is 41.3 Å². The molecule has 0 bridgehead atoms. The molecule has 1 heterocycles. The number of hydrogen-bond acceptors (Lipinski definition) is 4. The van der Waals surface area contributed by atoms with Gasteiger partial charge in [0.1, 0.15) is 0 Å². The summed E-state index contributed by atoms with van der Waals surface area (Å²) >= 11 is 1.10. The molecule has 3 rings (SSSR count). The van der Waals surface area contributed by atoms with Gasteiger partial charge >= 0.3 is 11.3 Å². The maximum Gasteiger partial charge on any atom is 0.416 e. The molecular formula is C25H25F3N3O2S+. The Kier molecular flexibility index (Phi) is 8.11. The molecule has 1 amide bonds. The second kappa shape index (κ2) is 10.8. The summed E-state index contributed by atoms with van der Waals surface area (Å²) in [6.07, 6.45) is -0.743. The summed E-state index contributed by atoms with van der Waals surface area (Å²) in [7, 11) is 0. The number of aliphatic imine (C=N–C) groups is 1. The topological polar surface area (TPSA) is 64.7 Å². The zero-order chi connectivity index (χ0) is 24.9. The Balaban J connectivity index is 1.91. The molecule has 0 aromatic heterocycles. The van der Waals surface area contributed by atoms with Gasteiger partial charge in [0.05, 0.1) is 24.8 Å². The van der Waals surface area contributed by atoms with Crippen LogP contribution in [0.5, 0.6) is 0 Å². The van der Waals surface area contributed by atoms with Crippen LogP contribution < -0.4 is 5.32 Å². The van der Waals surface area contributed by atoms with Crippen molar-refractivity contribution in [1.29, 1.82) is 0 Å². The van der Waals surface area contributed by atoms with Crippen molar-refractivity contribution < 1.29 is 27.6 Å². The van der Waals surface area contributed by atoms with Crippen LogP contribution in [-0.4, -0.2) is 40.6 Å². The van der Waals surface area contributed by atoms with Crippen LogP contribution in [0.2, 0.25) is 0 Å². The molecule has 34 heavy (non-hydrogen) atoms. The number of benzene rings is 2. The molecule has 0 saturated heterocycles. The molecule has 0 fully saturated rings. The Morgan fingerprint density at radius 3 is 2.68 bits per heavy atom. The van der Waals surface area contributed by atoms with Crippen molar-refractivity contribution in [2.24, 2.45) is 4.99 Å². The van der Waals surface area contributed by atoms with Gasteiger partial charge in [-0.3, -0.25) is 4.79 Å². The van der Waals surface area contributed by atoms with Crippen molar-refractivity contribution in [3.63, 3.8) is 0 Å². The van der Waals surface area contributed by atoms with Gasteiger partial charge in [0.2, 0.25) is 5.70 Å². The summed E-state index contributed by atoms with van der Waals surface area (Å²) in [5.74, 6) is -0.513. The number of aliphatic hydroxyl groups is 1. The normalized spacial score (nSPS) is 15.1. The van der Waals surface area contributed by atoms with E-state index in [9.17, 15) is 18.0 Å². The third-order valence-electron chi connectivity index (χ3n) is 5.15. The number of nitrogens with one attached hydrogen (secondary N) is 1. The van der Waals surface area contributed by atoms with Gasteiger partial charge in [-0.25, -0.2) is 0 Å². The number of amidine groups is 1. The average Bonchev–Trinajstić information content (AvgIpc) is 3.12. The van der Waals surface area contributed by atoms with E-state index in [-0.39, 0.29) is 25.0 Å². The van der Waals surface area contributed by atoms with E-state index in [4.69, 9.17) is 10.1 Å². The summed E-state index contributed by atoms with van der Waals surface area (Å²) in [5.41, 5.74) is 1.99. The minimum Gasteiger partial charge on any atom is -0.395 e. The van der Waals surface area contributed by atoms with Crippen LogP contribution in [0.3, 0.4) is 0 Å². The number of thioether (sulfide) groups is 1. The molecule has 178 valence electrons. The first-order chi connectivity index (χ1) is 16.2. The van der Waals surface area contributed by atoms with Crippen LogP contribution in [0.15, 0.2) is 82.0 Å². The Bertz CT molecular complexity index is 1190. The van der Waals surface area contributed by atoms with Crippen LogP contribution in [-0.2, 0) is 6.18 Å². The van der Waals surface area contributed by atoms with Gasteiger partial charge in [-0.1, -0.05) is 31.2 Å². The fourth-order valence-corrected chi connectivity index (χ4v) is 4.31. The highest BCUT2D eigenvalue weighted by Crippen LogP contribution is 2.37. The maximum atomic E-state index is 13.1. The first kappa shape index (κ1) is 25.5. The summed E-state index contributed by atoms with van der Waals surface area (Å²) in [5, 5.41) is 12.0. The molecule has 9 heteroatoms. The number of carbonyl (C=O) groups is 1. The summed E-state index contributed by atoms with van der Waals surface area (Å²) in [6.45, 7) is 7.86. The number of amides is 1. The fourth-order valence-electron chi connectivity index (χ4n) is 3.41. The molecule has 2 aromatic rings. The van der Waals surface area contributed by atoms with Gasteiger partial charge in [-0.15, -0.1) is 0 Å². The molecule has 0 aliphatic carbocycles. The smallest absolute Gasteiger partial charge is 0.395 e. The van der Waals surface area contributed by atoms with Gasteiger partial charge in [0.25, 0.3) is 5.91 Å². The van der Waals surface area contributed by atoms with E-state index in [1.807, 2.05) is 32.1 Å². The van der Waals surface area contributed by atoms with Crippen molar-refractivity contribution in [1.82, 2.24) is 5.32 Å². The minimum atomic E-state index is -4.43. The van der Waals surface area contributed by atoms with E-state index in [0.717, 1.165) is 35.2 Å². The van der Waals surface area contributed by atoms with Gasteiger partial charge in [-0.2, -0.15) is 17.7 Å². The molecule has 1 aliphatic rings. The third-order valence-corrected chi connectivity index (χ3v) is 6.14. The maximum absolute atomic E-state index is 13.1. The zero-order valence-electron chi connectivity index (χ0n) is 18.8. The molecular weight excluding hydrogens is 463 g/mol. The predicted octanol–water partition coefficient (Wildman–Crippen LogP) is 5.19. The molecule has 0 spiro atoms. The Morgan fingerprint density at radius 2 is 2.00 bits per heavy atom. The number of carbonyl (C=O) groups excluding carboxylic acids is 1. The highest BCUT2D eigenvalue weighted by molar-refractivity contribution is 8.13. The lowest BCUT2D eigenvalue weighted by molar-refractivity contribution is -0.321. The quantitative estimate of drug-likeness (QED) is 0.527. The van der Waals surface area contributed by atoms with E-state index < -0.39 is 11.7 Å². The molecule has 1 unspecified atom stereocenters. The first-order valence-corrected chi connectivity index (χ1v) is 11.4. The van der Waals surface area contributed by atoms with Crippen molar-refractivity contribution in [2.75, 3.05) is 13.2 Å². The number of halogens is 3. The molecule has 0 saturated carbocycles. The molecule has 2 aromatic carbocycles. The number of nitrogens with zero attached hydrogens (tertiary/aromatic N) is 2. The molecule has 1 aliphatic heterocycles. The van der Waals surface area contributed by atoms with Gasteiger partial charge in [0, 0.05) is 28.8 Å². The lowest BCUT2D eigenvalue weighted by Crippen LogP contribution is -2.26. The highest BCUT2D eigenvalue weighted by Gasteiger charge is 2.36. The minimum absolute atomic E-state index is 0.151. The van der Waals surface area contributed by atoms with Crippen LogP contribution in [0.4, 0.5) is 13.2 Å². The zero-order valence-corrected chi connectivity index (χ0v) is 19.6. The molecule has 5 nitrogen and oxygen atoms in total. The first-order valence-electron chi connectivity index (χ1n) is 10.6. The van der Waals surface area contributed by atoms with E-state index in [0.29, 0.717) is 21.3 Å². The molecule has 0 radical (unpaired) electrons. The van der Waals surface area contributed by atoms with Gasteiger partial charge in [-0.05, 0) is 53.9 Å². The van der Waals surface area contributed by atoms with Crippen LogP contribution >= 0.6 is 11.8 Å². The Morgan fingerprint density at radius 1 is 1.26 bits per heavy atom.